The largest absolute Gasteiger partial charge is 0.427 e. The van der Waals surface area contributed by atoms with Crippen LogP contribution in [0.5, 0.6) is 5.75 Å². The Hall–Kier alpha value is -2.41. The summed E-state index contributed by atoms with van der Waals surface area (Å²) in [6, 6.07) is 6.70. The summed E-state index contributed by atoms with van der Waals surface area (Å²) in [7, 11) is 0. The van der Waals surface area contributed by atoms with Gasteiger partial charge in [0.1, 0.15) is 11.9 Å². The van der Waals surface area contributed by atoms with E-state index < -0.39 is 5.97 Å². The van der Waals surface area contributed by atoms with Crippen molar-refractivity contribution < 1.29 is 23.9 Å². The molecule has 2 saturated heterocycles. The van der Waals surface area contributed by atoms with E-state index in [0.29, 0.717) is 43.9 Å². The van der Waals surface area contributed by atoms with Gasteiger partial charge >= 0.3 is 5.97 Å². The molecule has 2 aliphatic heterocycles. The Morgan fingerprint density at radius 2 is 1.96 bits per heavy atom. The van der Waals surface area contributed by atoms with Gasteiger partial charge in [-0.05, 0) is 43.9 Å². The Labute approximate surface area is 152 Å². The number of rotatable bonds is 4. The maximum atomic E-state index is 12.7. The molecule has 3 rings (SSSR count). The molecule has 140 valence electrons. The van der Waals surface area contributed by atoms with Crippen molar-refractivity contribution in [3.8, 4) is 5.75 Å². The van der Waals surface area contributed by atoms with Gasteiger partial charge in [-0.3, -0.25) is 14.4 Å². The van der Waals surface area contributed by atoms with Crippen molar-refractivity contribution in [2.45, 2.75) is 44.8 Å². The summed E-state index contributed by atoms with van der Waals surface area (Å²) >= 11 is 0. The maximum Gasteiger partial charge on any atom is 0.308 e. The number of piperidine rings is 1. The molecule has 0 bridgehead atoms. The molecular weight excluding hydrogens is 336 g/mol. The van der Waals surface area contributed by atoms with Crippen LogP contribution >= 0.6 is 0 Å². The fourth-order valence-electron chi connectivity index (χ4n) is 3.35. The molecule has 2 heterocycles. The van der Waals surface area contributed by atoms with E-state index in [2.05, 4.69) is 5.32 Å². The number of nitrogens with one attached hydrogen (secondary N) is 1. The molecule has 1 aromatic rings. The molecule has 0 spiro atoms. The van der Waals surface area contributed by atoms with E-state index in [9.17, 15) is 14.4 Å². The van der Waals surface area contributed by atoms with Gasteiger partial charge < -0.3 is 19.7 Å². The smallest absolute Gasteiger partial charge is 0.308 e. The number of carbonyl (C=O) groups excluding carboxylic acids is 3. The average molecular weight is 360 g/mol. The molecular formula is C19H24N2O5. The second-order valence-electron chi connectivity index (χ2n) is 6.70. The van der Waals surface area contributed by atoms with Crippen LogP contribution in [0.2, 0.25) is 0 Å². The van der Waals surface area contributed by atoms with E-state index in [0.717, 1.165) is 12.8 Å². The van der Waals surface area contributed by atoms with E-state index in [1.807, 2.05) is 0 Å². The molecule has 1 N–H and O–H groups in total. The first kappa shape index (κ1) is 18.4. The SMILES string of the molecule is CC(=O)Oc1cccc(C(=O)N2CCC(NC(=O)C3CCCO3)CC2)c1. The first-order valence-electron chi connectivity index (χ1n) is 9.02. The molecule has 2 amide bonds. The van der Waals surface area contributed by atoms with Gasteiger partial charge in [-0.25, -0.2) is 0 Å². The van der Waals surface area contributed by atoms with Crippen molar-refractivity contribution in [3.05, 3.63) is 29.8 Å². The summed E-state index contributed by atoms with van der Waals surface area (Å²) in [6.07, 6.45) is 2.82. The zero-order valence-electron chi connectivity index (χ0n) is 14.9. The number of benzene rings is 1. The number of hydrogen-bond acceptors (Lipinski definition) is 5. The summed E-state index contributed by atoms with van der Waals surface area (Å²) in [4.78, 5) is 37.6. The molecule has 0 aliphatic carbocycles. The predicted molar refractivity (Wildman–Crippen MR) is 93.8 cm³/mol. The van der Waals surface area contributed by atoms with Crippen LogP contribution in [-0.2, 0) is 14.3 Å². The summed E-state index contributed by atoms with van der Waals surface area (Å²) < 4.78 is 10.4. The summed E-state index contributed by atoms with van der Waals surface area (Å²) in [6.45, 7) is 3.13. The minimum atomic E-state index is -0.419. The maximum absolute atomic E-state index is 12.7. The zero-order valence-corrected chi connectivity index (χ0v) is 14.9. The number of hydrogen-bond donors (Lipinski definition) is 1. The van der Waals surface area contributed by atoms with E-state index in [1.165, 1.54) is 6.92 Å². The van der Waals surface area contributed by atoms with Crippen molar-refractivity contribution in [2.75, 3.05) is 19.7 Å². The number of likely N-dealkylation sites (tertiary alicyclic amines) is 1. The molecule has 0 saturated carbocycles. The topological polar surface area (TPSA) is 84.9 Å². The third-order valence-electron chi connectivity index (χ3n) is 4.69. The Morgan fingerprint density at radius 1 is 1.19 bits per heavy atom. The number of esters is 1. The first-order chi connectivity index (χ1) is 12.5. The van der Waals surface area contributed by atoms with Gasteiger partial charge in [0, 0.05) is 38.2 Å². The number of ether oxygens (including phenoxy) is 2. The Kier molecular flexibility index (Phi) is 5.88. The molecule has 0 radical (unpaired) electrons. The molecule has 2 fully saturated rings. The van der Waals surface area contributed by atoms with Crippen LogP contribution in [0.1, 0.15) is 43.0 Å². The van der Waals surface area contributed by atoms with Crippen molar-refractivity contribution in [1.82, 2.24) is 10.2 Å². The van der Waals surface area contributed by atoms with Crippen LogP contribution in [0.4, 0.5) is 0 Å². The Balaban J connectivity index is 1.52. The minimum Gasteiger partial charge on any atom is -0.427 e. The van der Waals surface area contributed by atoms with Crippen molar-refractivity contribution >= 4 is 17.8 Å². The van der Waals surface area contributed by atoms with E-state index in [-0.39, 0.29) is 24.0 Å². The lowest BCUT2D eigenvalue weighted by Gasteiger charge is -2.33. The van der Waals surface area contributed by atoms with E-state index in [1.54, 1.807) is 29.2 Å². The molecule has 0 aromatic heterocycles. The highest BCUT2D eigenvalue weighted by Crippen LogP contribution is 2.19. The summed E-state index contributed by atoms with van der Waals surface area (Å²) in [5.41, 5.74) is 0.491. The predicted octanol–water partition coefficient (Wildman–Crippen LogP) is 1.51. The van der Waals surface area contributed by atoms with Crippen LogP contribution in [0.15, 0.2) is 24.3 Å². The van der Waals surface area contributed by atoms with Crippen LogP contribution in [0.3, 0.4) is 0 Å². The lowest BCUT2D eigenvalue weighted by molar-refractivity contribution is -0.132. The summed E-state index contributed by atoms with van der Waals surface area (Å²) in [5.74, 6) is -0.191. The third kappa shape index (κ3) is 4.60. The van der Waals surface area contributed by atoms with Crippen LogP contribution in [0, 0.1) is 0 Å². The van der Waals surface area contributed by atoms with Crippen molar-refractivity contribution in [2.24, 2.45) is 0 Å². The quantitative estimate of drug-likeness (QED) is 0.650. The number of amides is 2. The molecule has 2 aliphatic rings. The molecule has 1 aromatic carbocycles. The van der Waals surface area contributed by atoms with Gasteiger partial charge in [-0.15, -0.1) is 0 Å². The van der Waals surface area contributed by atoms with Gasteiger partial charge in [0.05, 0.1) is 0 Å². The normalized spacial score (nSPS) is 20.7. The van der Waals surface area contributed by atoms with Gasteiger partial charge in [-0.2, -0.15) is 0 Å². The van der Waals surface area contributed by atoms with Gasteiger partial charge in [0.15, 0.2) is 0 Å². The highest BCUT2D eigenvalue weighted by molar-refractivity contribution is 5.94. The molecule has 1 unspecified atom stereocenters. The highest BCUT2D eigenvalue weighted by atomic mass is 16.5. The second kappa shape index (κ2) is 8.31. The monoisotopic (exact) mass is 360 g/mol. The van der Waals surface area contributed by atoms with E-state index in [4.69, 9.17) is 9.47 Å². The molecule has 7 heteroatoms. The van der Waals surface area contributed by atoms with E-state index >= 15 is 0 Å². The van der Waals surface area contributed by atoms with Crippen LogP contribution in [0.25, 0.3) is 0 Å². The number of carbonyl (C=O) groups is 3. The lowest BCUT2D eigenvalue weighted by atomic mass is 10.0. The second-order valence-corrected chi connectivity index (χ2v) is 6.70. The highest BCUT2D eigenvalue weighted by Gasteiger charge is 2.29. The molecule has 26 heavy (non-hydrogen) atoms. The minimum absolute atomic E-state index is 0.0404. The molecule has 7 nitrogen and oxygen atoms in total. The standard InChI is InChI=1S/C19H24N2O5/c1-13(22)26-16-5-2-4-14(12-16)19(24)21-9-7-15(8-10-21)20-18(23)17-6-3-11-25-17/h2,4-5,12,15,17H,3,6-11H2,1H3,(H,20,23). The average Bonchev–Trinajstić information content (AvgIpc) is 3.16. The molecule has 1 atom stereocenters. The zero-order chi connectivity index (χ0) is 18.5. The van der Waals surface area contributed by atoms with Gasteiger partial charge in [-0.1, -0.05) is 6.07 Å². The number of nitrogens with zero attached hydrogens (tertiary/aromatic N) is 1. The summed E-state index contributed by atoms with van der Waals surface area (Å²) in [5, 5.41) is 3.03. The fourth-order valence-corrected chi connectivity index (χ4v) is 3.35. The van der Waals surface area contributed by atoms with Gasteiger partial charge in [0.25, 0.3) is 5.91 Å². The van der Waals surface area contributed by atoms with Gasteiger partial charge in [0.2, 0.25) is 5.91 Å². The van der Waals surface area contributed by atoms with Crippen LogP contribution in [-0.4, -0.2) is 54.5 Å². The lowest BCUT2D eigenvalue weighted by Crippen LogP contribution is -2.48. The Bertz CT molecular complexity index is 676. The Morgan fingerprint density at radius 3 is 2.62 bits per heavy atom. The van der Waals surface area contributed by atoms with Crippen LogP contribution < -0.4 is 10.1 Å². The third-order valence-corrected chi connectivity index (χ3v) is 4.69. The van der Waals surface area contributed by atoms with Crippen molar-refractivity contribution in [1.29, 1.82) is 0 Å². The first-order valence-corrected chi connectivity index (χ1v) is 9.02. The fraction of sp³-hybridized carbons (Fsp3) is 0.526. The van der Waals surface area contributed by atoms with Crippen molar-refractivity contribution in [3.63, 3.8) is 0 Å².